The van der Waals surface area contributed by atoms with Gasteiger partial charge in [-0.15, -0.1) is 0 Å². The van der Waals surface area contributed by atoms with Crippen molar-refractivity contribution in [3.8, 4) is 0 Å². The lowest BCUT2D eigenvalue weighted by molar-refractivity contribution is -0.167. The van der Waals surface area contributed by atoms with Crippen molar-refractivity contribution in [2.45, 2.75) is 246 Å². The van der Waals surface area contributed by atoms with Crippen molar-refractivity contribution < 1.29 is 28.6 Å². The van der Waals surface area contributed by atoms with Crippen LogP contribution < -0.4 is 0 Å². The summed E-state index contributed by atoms with van der Waals surface area (Å²) in [6.07, 6.45) is 35.5. The summed E-state index contributed by atoms with van der Waals surface area (Å²) in [5, 5.41) is 0. The van der Waals surface area contributed by atoms with Crippen LogP contribution in [0.2, 0.25) is 0 Å². The third-order valence-electron chi connectivity index (χ3n) is 10.3. The molecule has 0 aromatic rings. The van der Waals surface area contributed by atoms with E-state index in [9.17, 15) is 14.4 Å². The summed E-state index contributed by atoms with van der Waals surface area (Å²) in [4.78, 5) is 37.4. The van der Waals surface area contributed by atoms with E-state index in [1.807, 2.05) is 0 Å². The van der Waals surface area contributed by atoms with Crippen molar-refractivity contribution in [1.29, 1.82) is 0 Å². The number of unbranched alkanes of at least 4 members (excludes halogenated alkanes) is 23. The largest absolute Gasteiger partial charge is 0.462 e. The van der Waals surface area contributed by atoms with Crippen LogP contribution in [0.5, 0.6) is 0 Å². The van der Waals surface area contributed by atoms with E-state index in [1.165, 1.54) is 122 Å². The summed E-state index contributed by atoms with van der Waals surface area (Å²) in [6, 6.07) is 0. The molecule has 0 fully saturated rings. The van der Waals surface area contributed by atoms with Crippen LogP contribution in [0.15, 0.2) is 0 Å². The number of hydrogen-bond donors (Lipinski definition) is 0. The molecule has 0 aliphatic carbocycles. The van der Waals surface area contributed by atoms with E-state index in [0.717, 1.165) is 76.0 Å². The predicted octanol–water partition coefficient (Wildman–Crippen LogP) is 13.8. The molecule has 0 aromatic heterocycles. The van der Waals surface area contributed by atoms with Crippen LogP contribution in [0.25, 0.3) is 0 Å². The SMILES string of the molecule is CCCCCCCC(=O)OC[C@H](COC(=O)CCCCCCCCCCCCCCCCCC(C)C)OC(=O)CCCCCCCCC(C)CC. The highest BCUT2D eigenvalue weighted by Crippen LogP contribution is 2.17. The zero-order valence-electron chi connectivity index (χ0n) is 34.7. The van der Waals surface area contributed by atoms with Gasteiger partial charge in [0, 0.05) is 19.3 Å². The Balaban J connectivity index is 4.13. The number of ether oxygens (including phenoxy) is 3. The van der Waals surface area contributed by atoms with Crippen molar-refractivity contribution in [1.82, 2.24) is 0 Å². The molecule has 6 nitrogen and oxygen atoms in total. The van der Waals surface area contributed by atoms with Crippen LogP contribution in [-0.2, 0) is 28.6 Å². The molecule has 0 saturated carbocycles. The van der Waals surface area contributed by atoms with Crippen LogP contribution in [0, 0.1) is 11.8 Å². The molecular weight excluding hydrogens is 636 g/mol. The van der Waals surface area contributed by atoms with Gasteiger partial charge in [-0.25, -0.2) is 0 Å². The summed E-state index contributed by atoms with van der Waals surface area (Å²) in [5.41, 5.74) is 0. The maximum Gasteiger partial charge on any atom is 0.306 e. The maximum absolute atomic E-state index is 12.6. The Labute approximate surface area is 317 Å². The van der Waals surface area contributed by atoms with Gasteiger partial charge < -0.3 is 14.2 Å². The van der Waals surface area contributed by atoms with E-state index in [1.54, 1.807) is 0 Å². The minimum Gasteiger partial charge on any atom is -0.462 e. The van der Waals surface area contributed by atoms with Crippen molar-refractivity contribution in [3.63, 3.8) is 0 Å². The first-order valence-corrected chi connectivity index (χ1v) is 22.3. The Morgan fingerprint density at radius 3 is 1.12 bits per heavy atom. The lowest BCUT2D eigenvalue weighted by Gasteiger charge is -2.18. The smallest absolute Gasteiger partial charge is 0.306 e. The molecule has 302 valence electrons. The van der Waals surface area contributed by atoms with Crippen LogP contribution in [0.1, 0.15) is 240 Å². The molecule has 0 aliphatic heterocycles. The lowest BCUT2D eigenvalue weighted by Crippen LogP contribution is -2.30. The molecule has 0 rings (SSSR count). The standard InChI is InChI=1S/C45H86O6/c1-6-8-9-23-30-35-43(46)49-38-42(51-45(48)37-32-27-22-21-25-29-34-41(5)7-2)39-50-44(47)36-31-26-20-18-16-14-12-10-11-13-15-17-19-24-28-33-40(3)4/h40-42H,6-39H2,1-5H3/t41?,42-/m1/s1. The van der Waals surface area contributed by atoms with E-state index in [4.69, 9.17) is 14.2 Å². The van der Waals surface area contributed by atoms with Gasteiger partial charge in [0.2, 0.25) is 0 Å². The molecule has 0 heterocycles. The topological polar surface area (TPSA) is 78.9 Å². The molecule has 0 bridgehead atoms. The highest BCUT2D eigenvalue weighted by atomic mass is 16.6. The van der Waals surface area contributed by atoms with E-state index in [-0.39, 0.29) is 31.1 Å². The average molecular weight is 723 g/mol. The zero-order chi connectivity index (χ0) is 37.6. The number of carbonyl (C=O) groups excluding carboxylic acids is 3. The third kappa shape index (κ3) is 38.0. The van der Waals surface area contributed by atoms with Gasteiger partial charge in [0.05, 0.1) is 0 Å². The Bertz CT molecular complexity index is 781. The summed E-state index contributed by atoms with van der Waals surface area (Å²) >= 11 is 0. The molecule has 0 spiro atoms. The molecule has 2 atom stereocenters. The molecule has 6 heteroatoms. The molecule has 51 heavy (non-hydrogen) atoms. The fraction of sp³-hybridized carbons (Fsp3) is 0.933. The molecule has 1 unspecified atom stereocenters. The molecule has 0 saturated heterocycles. The third-order valence-corrected chi connectivity index (χ3v) is 10.3. The summed E-state index contributed by atoms with van der Waals surface area (Å²) in [5.74, 6) is 0.784. The Kier molecular flexibility index (Phi) is 37.0. The number of carbonyl (C=O) groups is 3. The predicted molar refractivity (Wildman–Crippen MR) is 215 cm³/mol. The Hall–Kier alpha value is -1.59. The number of hydrogen-bond acceptors (Lipinski definition) is 6. The van der Waals surface area contributed by atoms with Crippen LogP contribution in [0.3, 0.4) is 0 Å². The quantitative estimate of drug-likeness (QED) is 0.0357. The monoisotopic (exact) mass is 723 g/mol. The van der Waals surface area contributed by atoms with Gasteiger partial charge >= 0.3 is 17.9 Å². The van der Waals surface area contributed by atoms with Gasteiger partial charge in [0.15, 0.2) is 6.10 Å². The van der Waals surface area contributed by atoms with Gasteiger partial charge in [0.1, 0.15) is 13.2 Å². The van der Waals surface area contributed by atoms with Crippen LogP contribution >= 0.6 is 0 Å². The molecule has 0 aliphatic rings. The van der Waals surface area contributed by atoms with Gasteiger partial charge in [-0.05, 0) is 31.1 Å². The van der Waals surface area contributed by atoms with Gasteiger partial charge in [-0.1, -0.05) is 202 Å². The molecule has 0 aromatic carbocycles. The van der Waals surface area contributed by atoms with Gasteiger partial charge in [0.25, 0.3) is 0 Å². The highest BCUT2D eigenvalue weighted by molar-refractivity contribution is 5.71. The number of esters is 3. The second-order valence-corrected chi connectivity index (χ2v) is 16.1. The van der Waals surface area contributed by atoms with E-state index < -0.39 is 6.10 Å². The maximum atomic E-state index is 12.6. The molecule has 0 radical (unpaired) electrons. The number of rotatable bonds is 39. The van der Waals surface area contributed by atoms with Crippen molar-refractivity contribution in [2.24, 2.45) is 11.8 Å². The second-order valence-electron chi connectivity index (χ2n) is 16.1. The Morgan fingerprint density at radius 2 is 0.745 bits per heavy atom. The summed E-state index contributed by atoms with van der Waals surface area (Å²) in [6.45, 7) is 11.2. The van der Waals surface area contributed by atoms with E-state index in [0.29, 0.717) is 19.3 Å². The Morgan fingerprint density at radius 1 is 0.412 bits per heavy atom. The summed E-state index contributed by atoms with van der Waals surface area (Å²) in [7, 11) is 0. The average Bonchev–Trinajstić information content (AvgIpc) is 3.11. The second kappa shape index (κ2) is 38.1. The highest BCUT2D eigenvalue weighted by Gasteiger charge is 2.19. The first-order valence-electron chi connectivity index (χ1n) is 22.3. The molecule has 0 N–H and O–H groups in total. The lowest BCUT2D eigenvalue weighted by atomic mass is 10.00. The van der Waals surface area contributed by atoms with Crippen LogP contribution in [0.4, 0.5) is 0 Å². The van der Waals surface area contributed by atoms with Crippen molar-refractivity contribution in [2.75, 3.05) is 13.2 Å². The van der Waals surface area contributed by atoms with E-state index in [2.05, 4.69) is 34.6 Å². The first kappa shape index (κ1) is 49.4. The summed E-state index contributed by atoms with van der Waals surface area (Å²) < 4.78 is 16.6. The normalized spacial score (nSPS) is 12.6. The fourth-order valence-corrected chi connectivity index (χ4v) is 6.54. The van der Waals surface area contributed by atoms with Gasteiger partial charge in [-0.3, -0.25) is 14.4 Å². The van der Waals surface area contributed by atoms with Crippen molar-refractivity contribution >= 4 is 17.9 Å². The minimum absolute atomic E-state index is 0.0666. The van der Waals surface area contributed by atoms with Crippen LogP contribution in [-0.4, -0.2) is 37.2 Å². The zero-order valence-corrected chi connectivity index (χ0v) is 34.7. The van der Waals surface area contributed by atoms with Gasteiger partial charge in [-0.2, -0.15) is 0 Å². The fourth-order valence-electron chi connectivity index (χ4n) is 6.54. The van der Waals surface area contributed by atoms with Crippen molar-refractivity contribution in [3.05, 3.63) is 0 Å². The minimum atomic E-state index is -0.759. The first-order chi connectivity index (χ1) is 24.8. The molecular formula is C45H86O6. The molecule has 0 amide bonds. The van der Waals surface area contributed by atoms with E-state index >= 15 is 0 Å².